The Labute approximate surface area is 263 Å². The zero-order valence-electron chi connectivity index (χ0n) is 22.8. The maximum atomic E-state index is 13.9. The van der Waals surface area contributed by atoms with Gasteiger partial charge >= 0.3 is 5.97 Å². The lowest BCUT2D eigenvalue weighted by Crippen LogP contribution is -2.39. The van der Waals surface area contributed by atoms with Crippen LogP contribution in [-0.4, -0.2) is 24.3 Å². The van der Waals surface area contributed by atoms with Gasteiger partial charge in [-0.2, -0.15) is 0 Å². The summed E-state index contributed by atoms with van der Waals surface area (Å²) in [6.07, 6.45) is 1.75. The molecule has 0 fully saturated rings. The van der Waals surface area contributed by atoms with E-state index in [1.54, 1.807) is 51.3 Å². The molecule has 4 aromatic rings. The number of thiazole rings is 1. The molecule has 1 aliphatic heterocycles. The number of methoxy groups -OCH3 is 1. The average molecular weight is 719 g/mol. The highest BCUT2D eigenvalue weighted by molar-refractivity contribution is 14.1. The number of halogens is 3. The van der Waals surface area contributed by atoms with Crippen LogP contribution in [0, 0.1) is 9.39 Å². The van der Waals surface area contributed by atoms with Crippen molar-refractivity contribution in [1.29, 1.82) is 0 Å². The van der Waals surface area contributed by atoms with Gasteiger partial charge < -0.3 is 14.2 Å². The van der Waals surface area contributed by atoms with Crippen LogP contribution >= 0.6 is 45.5 Å². The van der Waals surface area contributed by atoms with Crippen LogP contribution in [0.5, 0.6) is 11.5 Å². The fourth-order valence-electron chi connectivity index (χ4n) is 4.63. The Balaban J connectivity index is 1.58. The van der Waals surface area contributed by atoms with Crippen LogP contribution in [0.3, 0.4) is 0 Å². The quantitative estimate of drug-likeness (QED) is 0.171. The van der Waals surface area contributed by atoms with E-state index >= 15 is 0 Å². The summed E-state index contributed by atoms with van der Waals surface area (Å²) < 4.78 is 33.4. The topological polar surface area (TPSA) is 79.1 Å². The largest absolute Gasteiger partial charge is 0.493 e. The molecule has 0 spiro atoms. The SMILES string of the molecule is CCOC(=O)C1=C(C)N=c2s/c(=C\c3cc(I)c(OCc4ccccc4Cl)c(OC)c3)c(=O)n2[C@@H]1c1ccc(F)cc1. The van der Waals surface area contributed by atoms with Gasteiger partial charge in [0.1, 0.15) is 12.4 Å². The molecule has 0 unspecified atom stereocenters. The minimum Gasteiger partial charge on any atom is -0.493 e. The second kappa shape index (κ2) is 12.8. The molecule has 216 valence electrons. The van der Waals surface area contributed by atoms with Crippen molar-refractivity contribution < 1.29 is 23.4 Å². The highest BCUT2D eigenvalue weighted by Crippen LogP contribution is 2.35. The van der Waals surface area contributed by atoms with Crippen LogP contribution in [-0.2, 0) is 16.1 Å². The van der Waals surface area contributed by atoms with Gasteiger partial charge in [0.05, 0.1) is 39.1 Å². The van der Waals surface area contributed by atoms with Crippen LogP contribution in [0.1, 0.15) is 36.6 Å². The summed E-state index contributed by atoms with van der Waals surface area (Å²) in [4.78, 5) is 31.9. The zero-order valence-corrected chi connectivity index (χ0v) is 26.6. The molecule has 0 radical (unpaired) electrons. The van der Waals surface area contributed by atoms with Gasteiger partial charge in [-0.3, -0.25) is 9.36 Å². The summed E-state index contributed by atoms with van der Waals surface area (Å²) in [6, 6.07) is 16.0. The molecule has 42 heavy (non-hydrogen) atoms. The molecule has 5 rings (SSSR count). The van der Waals surface area contributed by atoms with E-state index in [2.05, 4.69) is 27.6 Å². The lowest BCUT2D eigenvalue weighted by atomic mass is 9.96. The molecule has 0 saturated heterocycles. The number of carbonyl (C=O) groups excluding carboxylic acids is 1. The van der Waals surface area contributed by atoms with Crippen LogP contribution < -0.4 is 24.4 Å². The van der Waals surface area contributed by atoms with E-state index in [1.807, 2.05) is 24.3 Å². The second-order valence-corrected chi connectivity index (χ2v) is 11.8. The van der Waals surface area contributed by atoms with Gasteiger partial charge in [0, 0.05) is 10.6 Å². The maximum absolute atomic E-state index is 13.9. The van der Waals surface area contributed by atoms with E-state index in [0.29, 0.717) is 42.7 Å². The minimum absolute atomic E-state index is 0.161. The first-order valence-corrected chi connectivity index (χ1v) is 15.2. The first kappa shape index (κ1) is 30.0. The van der Waals surface area contributed by atoms with Crippen molar-refractivity contribution in [3.63, 3.8) is 0 Å². The smallest absolute Gasteiger partial charge is 0.338 e. The van der Waals surface area contributed by atoms with Crippen molar-refractivity contribution in [1.82, 2.24) is 4.57 Å². The number of ether oxygens (including phenoxy) is 3. The monoisotopic (exact) mass is 718 g/mol. The van der Waals surface area contributed by atoms with Crippen molar-refractivity contribution >= 4 is 57.6 Å². The van der Waals surface area contributed by atoms with E-state index in [9.17, 15) is 14.0 Å². The molecule has 0 bridgehead atoms. The predicted octanol–water partition coefficient (Wildman–Crippen LogP) is 5.78. The van der Waals surface area contributed by atoms with Crippen molar-refractivity contribution in [3.05, 3.63) is 123 Å². The number of fused-ring (bicyclic) bond motifs is 1. The molecule has 1 aliphatic rings. The second-order valence-electron chi connectivity index (χ2n) is 9.27. The normalized spacial score (nSPS) is 14.8. The Bertz CT molecular complexity index is 1880. The molecule has 3 aromatic carbocycles. The van der Waals surface area contributed by atoms with E-state index in [1.165, 1.54) is 28.0 Å². The number of allylic oxidation sites excluding steroid dienone is 1. The van der Waals surface area contributed by atoms with Gasteiger partial charge in [-0.1, -0.05) is 53.3 Å². The van der Waals surface area contributed by atoms with Gasteiger partial charge in [-0.15, -0.1) is 0 Å². The van der Waals surface area contributed by atoms with E-state index in [-0.39, 0.29) is 24.3 Å². The van der Waals surface area contributed by atoms with Crippen LogP contribution in [0.2, 0.25) is 5.02 Å². The minimum atomic E-state index is -0.821. The number of aromatic nitrogens is 1. The van der Waals surface area contributed by atoms with Crippen molar-refractivity contribution in [3.8, 4) is 11.5 Å². The standard InChI is InChI=1S/C31H25ClFIN2O5S/c1-4-40-30(38)26-17(2)35-31-36(27(26)19-9-11-21(33)12-10-19)29(37)25(42-31)15-18-13-23(34)28(24(14-18)39-3)41-16-20-7-5-6-8-22(20)32/h5-15,27H,4,16H2,1-3H3/b25-15-/t27-/m1/s1. The first-order valence-electron chi connectivity index (χ1n) is 12.9. The Hall–Kier alpha value is -3.48. The fourth-order valence-corrected chi connectivity index (χ4v) is 6.65. The van der Waals surface area contributed by atoms with Crippen LogP contribution in [0.25, 0.3) is 6.08 Å². The zero-order chi connectivity index (χ0) is 30.0. The molecule has 1 atom stereocenters. The molecule has 11 heteroatoms. The molecular weight excluding hydrogens is 694 g/mol. The van der Waals surface area contributed by atoms with Gasteiger partial charge in [-0.25, -0.2) is 14.2 Å². The summed E-state index contributed by atoms with van der Waals surface area (Å²) in [7, 11) is 1.55. The first-order chi connectivity index (χ1) is 20.2. The number of hydrogen-bond acceptors (Lipinski definition) is 7. The lowest BCUT2D eigenvalue weighted by Gasteiger charge is -2.24. The fraction of sp³-hybridized carbons (Fsp3) is 0.194. The Morgan fingerprint density at radius 2 is 1.93 bits per heavy atom. The van der Waals surface area contributed by atoms with Crippen molar-refractivity contribution in [2.45, 2.75) is 26.5 Å². The van der Waals surface area contributed by atoms with Crippen LogP contribution in [0.4, 0.5) is 4.39 Å². The molecular formula is C31H25ClFIN2O5S. The van der Waals surface area contributed by atoms with Gasteiger partial charge in [-0.05, 0) is 84.0 Å². The summed E-state index contributed by atoms with van der Waals surface area (Å²) >= 11 is 9.65. The number of rotatable bonds is 8. The summed E-state index contributed by atoms with van der Waals surface area (Å²) in [5, 5.41) is 0.610. The van der Waals surface area contributed by atoms with Crippen LogP contribution in [0.15, 0.2) is 81.7 Å². The maximum Gasteiger partial charge on any atom is 0.338 e. The molecule has 7 nitrogen and oxygen atoms in total. The van der Waals surface area contributed by atoms with E-state index < -0.39 is 17.8 Å². The lowest BCUT2D eigenvalue weighted by molar-refractivity contribution is -0.139. The number of esters is 1. The molecule has 0 N–H and O–H groups in total. The highest BCUT2D eigenvalue weighted by Gasteiger charge is 2.33. The van der Waals surface area contributed by atoms with Gasteiger partial charge in [0.15, 0.2) is 16.3 Å². The summed E-state index contributed by atoms with van der Waals surface area (Å²) in [5.41, 5.74) is 2.46. The van der Waals surface area contributed by atoms with Crippen molar-refractivity contribution in [2.75, 3.05) is 13.7 Å². The Morgan fingerprint density at radius 3 is 2.62 bits per heavy atom. The third-order valence-electron chi connectivity index (χ3n) is 6.58. The third kappa shape index (κ3) is 6.02. The molecule has 0 saturated carbocycles. The van der Waals surface area contributed by atoms with Gasteiger partial charge in [0.2, 0.25) is 0 Å². The van der Waals surface area contributed by atoms with E-state index in [0.717, 1.165) is 9.13 Å². The summed E-state index contributed by atoms with van der Waals surface area (Å²) in [6.45, 7) is 3.83. The average Bonchev–Trinajstić information content (AvgIpc) is 3.26. The van der Waals surface area contributed by atoms with E-state index in [4.69, 9.17) is 25.8 Å². The molecule has 1 aromatic heterocycles. The molecule has 0 amide bonds. The van der Waals surface area contributed by atoms with Gasteiger partial charge in [0.25, 0.3) is 5.56 Å². The number of nitrogens with zero attached hydrogens (tertiary/aromatic N) is 2. The number of benzene rings is 3. The predicted molar refractivity (Wildman–Crippen MR) is 168 cm³/mol. The third-order valence-corrected chi connectivity index (χ3v) is 8.74. The summed E-state index contributed by atoms with van der Waals surface area (Å²) in [5.74, 6) is 0.0571. The number of carbonyl (C=O) groups is 1. The van der Waals surface area contributed by atoms with Crippen molar-refractivity contribution in [2.24, 2.45) is 4.99 Å². The molecule has 2 heterocycles. The number of hydrogen-bond donors (Lipinski definition) is 0. The highest BCUT2D eigenvalue weighted by atomic mass is 127. The Morgan fingerprint density at radius 1 is 1.19 bits per heavy atom. The molecule has 0 aliphatic carbocycles. The Kier molecular flexibility index (Phi) is 9.14.